The van der Waals surface area contributed by atoms with Crippen molar-refractivity contribution in [1.29, 1.82) is 0 Å². The van der Waals surface area contributed by atoms with Gasteiger partial charge in [-0.25, -0.2) is 0 Å². The van der Waals surface area contributed by atoms with Gasteiger partial charge in [-0.15, -0.1) is 0 Å². The number of methoxy groups -OCH3 is 2. The molecular weight excluding hydrogens is 230 g/mol. The van der Waals surface area contributed by atoms with Gasteiger partial charge < -0.3 is 19.9 Å². The zero-order valence-electron chi connectivity index (χ0n) is 11.1. The maximum atomic E-state index is 6.11. The minimum absolute atomic E-state index is 0.211. The fourth-order valence-electron chi connectivity index (χ4n) is 2.46. The Bertz CT molecular complexity index is 378. The van der Waals surface area contributed by atoms with Crippen molar-refractivity contribution < 1.29 is 14.2 Å². The molecule has 1 aliphatic carbocycles. The molecule has 0 radical (unpaired) electrons. The second-order valence-corrected chi connectivity index (χ2v) is 4.74. The summed E-state index contributed by atoms with van der Waals surface area (Å²) in [5, 5.41) is 0. The SMILES string of the molecule is COc1cc(OC)cc(OC2(CN)CCCC2)c1. The average molecular weight is 251 g/mol. The first-order valence-corrected chi connectivity index (χ1v) is 6.33. The van der Waals surface area contributed by atoms with Crippen molar-refractivity contribution in [2.75, 3.05) is 20.8 Å². The van der Waals surface area contributed by atoms with Crippen LogP contribution in [0, 0.1) is 0 Å². The standard InChI is InChI=1S/C14H21NO3/c1-16-11-7-12(17-2)9-13(8-11)18-14(10-15)5-3-4-6-14/h7-9H,3-6,10,15H2,1-2H3. The molecule has 2 N–H and O–H groups in total. The van der Waals surface area contributed by atoms with Crippen LogP contribution in [0.25, 0.3) is 0 Å². The van der Waals surface area contributed by atoms with Crippen LogP contribution in [0.3, 0.4) is 0 Å². The maximum absolute atomic E-state index is 6.11. The highest BCUT2D eigenvalue weighted by Crippen LogP contribution is 2.36. The van der Waals surface area contributed by atoms with E-state index in [-0.39, 0.29) is 5.60 Å². The van der Waals surface area contributed by atoms with E-state index >= 15 is 0 Å². The smallest absolute Gasteiger partial charge is 0.127 e. The molecule has 0 heterocycles. The van der Waals surface area contributed by atoms with Crippen LogP contribution in [0.2, 0.25) is 0 Å². The van der Waals surface area contributed by atoms with E-state index < -0.39 is 0 Å². The minimum atomic E-state index is -0.211. The fourth-order valence-corrected chi connectivity index (χ4v) is 2.46. The second-order valence-electron chi connectivity index (χ2n) is 4.74. The van der Waals surface area contributed by atoms with Crippen molar-refractivity contribution in [1.82, 2.24) is 0 Å². The molecule has 4 heteroatoms. The molecule has 4 nitrogen and oxygen atoms in total. The van der Waals surface area contributed by atoms with Crippen LogP contribution >= 0.6 is 0 Å². The van der Waals surface area contributed by atoms with E-state index in [1.165, 1.54) is 12.8 Å². The third-order valence-corrected chi connectivity index (χ3v) is 3.55. The Hall–Kier alpha value is -1.42. The van der Waals surface area contributed by atoms with Crippen LogP contribution in [-0.4, -0.2) is 26.4 Å². The summed E-state index contributed by atoms with van der Waals surface area (Å²) in [6.45, 7) is 0.548. The molecule has 1 aromatic carbocycles. The Morgan fingerprint density at radius 1 is 1.00 bits per heavy atom. The van der Waals surface area contributed by atoms with Gasteiger partial charge in [-0.05, 0) is 25.7 Å². The molecule has 0 saturated heterocycles. The van der Waals surface area contributed by atoms with E-state index in [9.17, 15) is 0 Å². The van der Waals surface area contributed by atoms with Gasteiger partial charge in [0.25, 0.3) is 0 Å². The van der Waals surface area contributed by atoms with Crippen LogP contribution in [0.5, 0.6) is 17.2 Å². The Labute approximate surface area is 108 Å². The molecule has 0 unspecified atom stereocenters. The summed E-state index contributed by atoms with van der Waals surface area (Å²) in [6, 6.07) is 5.58. The Kier molecular flexibility index (Phi) is 3.97. The number of rotatable bonds is 5. The normalized spacial score (nSPS) is 17.5. The third kappa shape index (κ3) is 2.70. The molecule has 1 saturated carbocycles. The lowest BCUT2D eigenvalue weighted by Crippen LogP contribution is -2.40. The highest BCUT2D eigenvalue weighted by atomic mass is 16.5. The molecule has 2 rings (SSSR count). The monoisotopic (exact) mass is 251 g/mol. The van der Waals surface area contributed by atoms with Gasteiger partial charge in [0.05, 0.1) is 14.2 Å². The summed E-state index contributed by atoms with van der Waals surface area (Å²) in [5.41, 5.74) is 5.66. The molecule has 0 bridgehead atoms. The van der Waals surface area contributed by atoms with Crippen LogP contribution in [0.1, 0.15) is 25.7 Å². The largest absolute Gasteiger partial charge is 0.496 e. The topological polar surface area (TPSA) is 53.7 Å². The predicted molar refractivity (Wildman–Crippen MR) is 70.4 cm³/mol. The Balaban J connectivity index is 2.21. The summed E-state index contributed by atoms with van der Waals surface area (Å²) >= 11 is 0. The number of ether oxygens (including phenoxy) is 3. The lowest BCUT2D eigenvalue weighted by Gasteiger charge is -2.29. The summed E-state index contributed by atoms with van der Waals surface area (Å²) in [7, 11) is 3.26. The van der Waals surface area contributed by atoms with Gasteiger partial charge in [-0.3, -0.25) is 0 Å². The van der Waals surface area contributed by atoms with E-state index in [1.807, 2.05) is 18.2 Å². The molecule has 0 spiro atoms. The van der Waals surface area contributed by atoms with Gasteiger partial charge in [0, 0.05) is 24.7 Å². The zero-order chi connectivity index (χ0) is 13.0. The number of benzene rings is 1. The lowest BCUT2D eigenvalue weighted by molar-refractivity contribution is 0.0847. The Morgan fingerprint density at radius 3 is 1.94 bits per heavy atom. The van der Waals surface area contributed by atoms with Crippen molar-refractivity contribution in [2.24, 2.45) is 5.73 Å². The van der Waals surface area contributed by atoms with Gasteiger partial charge in [0.2, 0.25) is 0 Å². The van der Waals surface area contributed by atoms with Gasteiger partial charge in [-0.1, -0.05) is 0 Å². The van der Waals surface area contributed by atoms with E-state index in [0.717, 1.165) is 30.1 Å². The predicted octanol–water partition coefficient (Wildman–Crippen LogP) is 2.35. The van der Waals surface area contributed by atoms with E-state index in [0.29, 0.717) is 6.54 Å². The number of nitrogens with two attached hydrogens (primary N) is 1. The van der Waals surface area contributed by atoms with E-state index in [4.69, 9.17) is 19.9 Å². The Morgan fingerprint density at radius 2 is 1.50 bits per heavy atom. The van der Waals surface area contributed by atoms with E-state index in [2.05, 4.69) is 0 Å². The maximum Gasteiger partial charge on any atom is 0.127 e. The van der Waals surface area contributed by atoms with Crippen molar-refractivity contribution >= 4 is 0 Å². The molecule has 0 atom stereocenters. The van der Waals surface area contributed by atoms with Crippen molar-refractivity contribution in [3.63, 3.8) is 0 Å². The first-order chi connectivity index (χ1) is 8.71. The number of hydrogen-bond acceptors (Lipinski definition) is 4. The molecule has 0 aromatic heterocycles. The van der Waals surface area contributed by atoms with E-state index in [1.54, 1.807) is 14.2 Å². The molecule has 100 valence electrons. The highest BCUT2D eigenvalue weighted by Gasteiger charge is 2.34. The average Bonchev–Trinajstić information content (AvgIpc) is 2.87. The fraction of sp³-hybridized carbons (Fsp3) is 0.571. The first kappa shape index (κ1) is 13.0. The minimum Gasteiger partial charge on any atom is -0.496 e. The molecule has 1 aliphatic rings. The zero-order valence-corrected chi connectivity index (χ0v) is 11.1. The summed E-state index contributed by atoms with van der Waals surface area (Å²) in [5.74, 6) is 2.22. The van der Waals surface area contributed by atoms with Gasteiger partial charge >= 0.3 is 0 Å². The number of hydrogen-bond donors (Lipinski definition) is 1. The molecular formula is C14H21NO3. The quantitative estimate of drug-likeness (QED) is 0.872. The van der Waals surface area contributed by atoms with Crippen molar-refractivity contribution in [3.8, 4) is 17.2 Å². The van der Waals surface area contributed by atoms with Gasteiger partial charge in [-0.2, -0.15) is 0 Å². The molecule has 1 fully saturated rings. The van der Waals surface area contributed by atoms with Gasteiger partial charge in [0.1, 0.15) is 22.8 Å². The molecule has 18 heavy (non-hydrogen) atoms. The molecule has 1 aromatic rings. The summed E-state index contributed by atoms with van der Waals surface area (Å²) in [6.07, 6.45) is 4.39. The summed E-state index contributed by atoms with van der Waals surface area (Å²) < 4.78 is 16.6. The van der Waals surface area contributed by atoms with Crippen LogP contribution in [-0.2, 0) is 0 Å². The van der Waals surface area contributed by atoms with Crippen LogP contribution in [0.4, 0.5) is 0 Å². The van der Waals surface area contributed by atoms with Crippen LogP contribution < -0.4 is 19.9 Å². The second kappa shape index (κ2) is 5.48. The lowest BCUT2D eigenvalue weighted by atomic mass is 10.0. The van der Waals surface area contributed by atoms with Gasteiger partial charge in [0.15, 0.2) is 0 Å². The highest BCUT2D eigenvalue weighted by molar-refractivity contribution is 5.42. The summed E-state index contributed by atoms with van der Waals surface area (Å²) in [4.78, 5) is 0. The molecule has 0 aliphatic heterocycles. The van der Waals surface area contributed by atoms with Crippen molar-refractivity contribution in [2.45, 2.75) is 31.3 Å². The van der Waals surface area contributed by atoms with Crippen molar-refractivity contribution in [3.05, 3.63) is 18.2 Å². The molecule has 0 amide bonds. The first-order valence-electron chi connectivity index (χ1n) is 6.33. The van der Waals surface area contributed by atoms with Crippen LogP contribution in [0.15, 0.2) is 18.2 Å². The third-order valence-electron chi connectivity index (χ3n) is 3.55.